The smallest absolute Gasteiger partial charge is 0.225 e. The van der Waals surface area contributed by atoms with Crippen molar-refractivity contribution in [3.05, 3.63) is 18.5 Å². The van der Waals surface area contributed by atoms with Crippen molar-refractivity contribution in [2.45, 2.75) is 58.9 Å². The minimum absolute atomic E-state index is 0.252. The number of carbonyl (C=O) groups is 1. The first-order chi connectivity index (χ1) is 10.2. The molecule has 1 fully saturated rings. The van der Waals surface area contributed by atoms with Crippen LogP contribution in [-0.2, 0) is 11.3 Å². The molecule has 2 heterocycles. The van der Waals surface area contributed by atoms with E-state index in [1.807, 2.05) is 23.1 Å². The van der Waals surface area contributed by atoms with Crippen LogP contribution in [-0.4, -0.2) is 33.7 Å². The first kappa shape index (κ1) is 16.1. The maximum Gasteiger partial charge on any atom is 0.225 e. The summed E-state index contributed by atoms with van der Waals surface area (Å²) in [6, 6.07) is 1.97. The largest absolute Gasteiger partial charge is 0.342 e. The molecule has 4 nitrogen and oxygen atoms in total. The van der Waals surface area contributed by atoms with Crippen molar-refractivity contribution in [3.63, 3.8) is 0 Å². The van der Waals surface area contributed by atoms with Crippen LogP contribution < -0.4 is 0 Å². The molecule has 0 N–H and O–H groups in total. The maximum atomic E-state index is 12.6. The molecule has 0 unspecified atom stereocenters. The second-order valence-electron chi connectivity index (χ2n) is 6.27. The lowest BCUT2D eigenvalue weighted by atomic mass is 9.93. The SMILES string of the molecule is CCCC(CCC)C(=O)N1CCC(Cn2cccn2)CC1. The number of likely N-dealkylation sites (tertiary alicyclic amines) is 1. The number of piperidine rings is 1. The number of rotatable bonds is 7. The van der Waals surface area contributed by atoms with Crippen LogP contribution in [0.3, 0.4) is 0 Å². The Kier molecular flexibility index (Phi) is 6.27. The van der Waals surface area contributed by atoms with E-state index in [4.69, 9.17) is 0 Å². The van der Waals surface area contributed by atoms with Crippen molar-refractivity contribution in [3.8, 4) is 0 Å². The summed E-state index contributed by atoms with van der Waals surface area (Å²) in [5, 5.41) is 4.28. The maximum absolute atomic E-state index is 12.6. The molecule has 0 spiro atoms. The van der Waals surface area contributed by atoms with Gasteiger partial charge in [0.25, 0.3) is 0 Å². The molecule has 0 atom stereocenters. The standard InChI is InChI=1S/C17H29N3O/c1-3-6-16(7-4-2)17(21)19-12-8-15(9-13-19)14-20-11-5-10-18-20/h5,10-11,15-16H,3-4,6-9,12-14H2,1-2H3. The summed E-state index contributed by atoms with van der Waals surface area (Å²) in [6.45, 7) is 7.18. The van der Waals surface area contributed by atoms with Gasteiger partial charge in [0.15, 0.2) is 0 Å². The van der Waals surface area contributed by atoms with Gasteiger partial charge in [-0.3, -0.25) is 9.48 Å². The molecule has 1 aliphatic heterocycles. The van der Waals surface area contributed by atoms with Gasteiger partial charge in [0, 0.05) is 37.9 Å². The first-order valence-electron chi connectivity index (χ1n) is 8.50. The van der Waals surface area contributed by atoms with Crippen LogP contribution in [0, 0.1) is 11.8 Å². The van der Waals surface area contributed by atoms with Gasteiger partial charge >= 0.3 is 0 Å². The highest BCUT2D eigenvalue weighted by Gasteiger charge is 2.27. The summed E-state index contributed by atoms with van der Waals surface area (Å²) < 4.78 is 2.01. The number of hydrogen-bond acceptors (Lipinski definition) is 2. The molecule has 0 aromatic carbocycles. The third kappa shape index (κ3) is 4.58. The predicted molar refractivity (Wildman–Crippen MR) is 84.8 cm³/mol. The molecule has 2 rings (SSSR count). The summed E-state index contributed by atoms with van der Waals surface area (Å²) in [4.78, 5) is 14.7. The van der Waals surface area contributed by atoms with Crippen molar-refractivity contribution in [2.75, 3.05) is 13.1 Å². The van der Waals surface area contributed by atoms with Crippen molar-refractivity contribution in [2.24, 2.45) is 11.8 Å². The van der Waals surface area contributed by atoms with Crippen LogP contribution in [0.5, 0.6) is 0 Å². The lowest BCUT2D eigenvalue weighted by molar-refractivity contribution is -0.137. The van der Waals surface area contributed by atoms with Gasteiger partial charge in [-0.25, -0.2) is 0 Å². The molecule has 1 amide bonds. The number of nitrogens with zero attached hydrogens (tertiary/aromatic N) is 3. The number of amides is 1. The van der Waals surface area contributed by atoms with E-state index in [0.29, 0.717) is 11.8 Å². The van der Waals surface area contributed by atoms with Crippen molar-refractivity contribution in [1.82, 2.24) is 14.7 Å². The van der Waals surface area contributed by atoms with E-state index < -0.39 is 0 Å². The Morgan fingerprint density at radius 1 is 1.24 bits per heavy atom. The van der Waals surface area contributed by atoms with Gasteiger partial charge in [0.05, 0.1) is 0 Å². The van der Waals surface area contributed by atoms with Crippen LogP contribution >= 0.6 is 0 Å². The number of carbonyl (C=O) groups excluding carboxylic acids is 1. The topological polar surface area (TPSA) is 38.1 Å². The highest BCUT2D eigenvalue weighted by molar-refractivity contribution is 5.78. The minimum atomic E-state index is 0.252. The molecule has 0 radical (unpaired) electrons. The van der Waals surface area contributed by atoms with Crippen molar-refractivity contribution < 1.29 is 4.79 Å². The average Bonchev–Trinajstić information content (AvgIpc) is 3.00. The average molecular weight is 291 g/mol. The molecular weight excluding hydrogens is 262 g/mol. The fourth-order valence-electron chi connectivity index (χ4n) is 3.36. The number of hydrogen-bond donors (Lipinski definition) is 0. The number of aromatic nitrogens is 2. The zero-order valence-electron chi connectivity index (χ0n) is 13.5. The zero-order valence-corrected chi connectivity index (χ0v) is 13.5. The second kappa shape index (κ2) is 8.20. The summed E-state index contributed by atoms with van der Waals surface area (Å²) in [6.07, 6.45) is 10.4. The van der Waals surface area contributed by atoms with Gasteiger partial charge in [0.2, 0.25) is 5.91 Å². The highest BCUT2D eigenvalue weighted by Crippen LogP contribution is 2.23. The predicted octanol–water partition coefficient (Wildman–Crippen LogP) is 3.34. The van der Waals surface area contributed by atoms with Gasteiger partial charge < -0.3 is 4.90 Å². The summed E-state index contributed by atoms with van der Waals surface area (Å²) in [7, 11) is 0. The quantitative estimate of drug-likeness (QED) is 0.773. The molecule has 21 heavy (non-hydrogen) atoms. The van der Waals surface area contributed by atoms with Crippen LogP contribution in [0.2, 0.25) is 0 Å². The molecule has 1 aromatic rings. The summed E-state index contributed by atoms with van der Waals surface area (Å²) >= 11 is 0. The summed E-state index contributed by atoms with van der Waals surface area (Å²) in [5.74, 6) is 1.31. The van der Waals surface area contributed by atoms with E-state index in [-0.39, 0.29) is 5.92 Å². The van der Waals surface area contributed by atoms with E-state index in [9.17, 15) is 4.79 Å². The highest BCUT2D eigenvalue weighted by atomic mass is 16.2. The Morgan fingerprint density at radius 3 is 2.43 bits per heavy atom. The Hall–Kier alpha value is -1.32. The van der Waals surface area contributed by atoms with E-state index in [1.165, 1.54) is 0 Å². The monoisotopic (exact) mass is 291 g/mol. The fraction of sp³-hybridized carbons (Fsp3) is 0.765. The zero-order chi connectivity index (χ0) is 15.1. The van der Waals surface area contributed by atoms with Gasteiger partial charge in [-0.05, 0) is 37.7 Å². The Balaban J connectivity index is 1.80. The molecule has 4 heteroatoms. The summed E-state index contributed by atoms with van der Waals surface area (Å²) in [5.41, 5.74) is 0. The van der Waals surface area contributed by atoms with Crippen molar-refractivity contribution in [1.29, 1.82) is 0 Å². The molecule has 1 aromatic heterocycles. The van der Waals surface area contributed by atoms with Crippen LogP contribution in [0.25, 0.3) is 0 Å². The Bertz CT molecular complexity index is 402. The van der Waals surface area contributed by atoms with Crippen LogP contribution in [0.4, 0.5) is 0 Å². The molecule has 0 saturated carbocycles. The van der Waals surface area contributed by atoms with E-state index in [2.05, 4.69) is 23.8 Å². The van der Waals surface area contributed by atoms with Gasteiger partial charge in [-0.15, -0.1) is 0 Å². The fourth-order valence-corrected chi connectivity index (χ4v) is 3.36. The molecule has 1 saturated heterocycles. The lowest BCUT2D eigenvalue weighted by Crippen LogP contribution is -2.42. The van der Waals surface area contributed by atoms with Crippen molar-refractivity contribution >= 4 is 5.91 Å². The van der Waals surface area contributed by atoms with Crippen LogP contribution in [0.15, 0.2) is 18.5 Å². The van der Waals surface area contributed by atoms with E-state index in [1.54, 1.807) is 0 Å². The first-order valence-corrected chi connectivity index (χ1v) is 8.50. The third-order valence-corrected chi connectivity index (χ3v) is 4.55. The van der Waals surface area contributed by atoms with E-state index in [0.717, 1.165) is 58.2 Å². The minimum Gasteiger partial charge on any atom is -0.342 e. The van der Waals surface area contributed by atoms with Gasteiger partial charge in [-0.1, -0.05) is 26.7 Å². The molecular formula is C17H29N3O. The molecule has 118 valence electrons. The molecule has 0 bridgehead atoms. The lowest BCUT2D eigenvalue weighted by Gasteiger charge is -2.34. The molecule has 1 aliphatic rings. The molecule has 0 aliphatic carbocycles. The second-order valence-corrected chi connectivity index (χ2v) is 6.27. The Labute approximate surface area is 128 Å². The normalized spacial score (nSPS) is 16.6. The van der Waals surface area contributed by atoms with Gasteiger partial charge in [0.1, 0.15) is 0 Å². The van der Waals surface area contributed by atoms with E-state index >= 15 is 0 Å². The van der Waals surface area contributed by atoms with Gasteiger partial charge in [-0.2, -0.15) is 5.10 Å². The Morgan fingerprint density at radius 2 is 1.90 bits per heavy atom. The third-order valence-electron chi connectivity index (χ3n) is 4.55. The van der Waals surface area contributed by atoms with Crippen LogP contribution in [0.1, 0.15) is 52.4 Å².